The number of hydrogen-bond acceptors (Lipinski definition) is 7. The molecule has 1 amide bonds. The van der Waals surface area contributed by atoms with Crippen LogP contribution in [0.2, 0.25) is 0 Å². The van der Waals surface area contributed by atoms with E-state index in [-0.39, 0.29) is 11.6 Å². The number of nitrogens with one attached hydrogen (secondary N) is 1. The minimum absolute atomic E-state index is 0.209. The van der Waals surface area contributed by atoms with Gasteiger partial charge < -0.3 is 4.52 Å². The lowest BCUT2D eigenvalue weighted by Crippen LogP contribution is -2.11. The molecular weight excluding hydrogens is 332 g/mol. The zero-order valence-corrected chi connectivity index (χ0v) is 14.2. The van der Waals surface area contributed by atoms with Crippen LogP contribution in [0.15, 0.2) is 39.2 Å². The van der Waals surface area contributed by atoms with Gasteiger partial charge in [-0.15, -0.1) is 10.2 Å². The van der Waals surface area contributed by atoms with Gasteiger partial charge in [-0.2, -0.15) is 0 Å². The van der Waals surface area contributed by atoms with E-state index in [0.29, 0.717) is 10.9 Å². The second kappa shape index (κ2) is 6.93. The van der Waals surface area contributed by atoms with Gasteiger partial charge in [-0.05, 0) is 12.7 Å². The molecule has 0 saturated heterocycles. The number of aromatic nitrogens is 3. The fourth-order valence-corrected chi connectivity index (χ4v) is 3.48. The molecule has 2 aromatic heterocycles. The second-order valence-electron chi connectivity index (χ2n) is 4.70. The highest BCUT2D eigenvalue weighted by molar-refractivity contribution is 8.01. The van der Waals surface area contributed by atoms with E-state index in [1.54, 1.807) is 17.8 Å². The first-order chi connectivity index (χ1) is 11.2. The van der Waals surface area contributed by atoms with Crippen LogP contribution in [0.3, 0.4) is 0 Å². The summed E-state index contributed by atoms with van der Waals surface area (Å²) in [6.07, 6.45) is 0. The summed E-state index contributed by atoms with van der Waals surface area (Å²) in [5.41, 5.74) is 2.24. The molecule has 1 aromatic carbocycles. The molecule has 0 saturated carbocycles. The molecule has 6 nitrogen and oxygen atoms in total. The van der Waals surface area contributed by atoms with Crippen molar-refractivity contribution in [1.29, 1.82) is 0 Å². The van der Waals surface area contributed by atoms with Gasteiger partial charge in [0, 0.05) is 11.6 Å². The first kappa shape index (κ1) is 15.7. The Balaban J connectivity index is 1.71. The number of thioether (sulfide) groups is 1. The molecule has 0 aliphatic rings. The SMILES string of the molecule is CCSc1nnc(NC(=O)c2cc(-c3ccc(C)cc3)on2)s1. The molecule has 23 heavy (non-hydrogen) atoms. The van der Waals surface area contributed by atoms with Crippen LogP contribution >= 0.6 is 23.1 Å². The van der Waals surface area contributed by atoms with Crippen molar-refractivity contribution in [1.82, 2.24) is 15.4 Å². The molecule has 1 N–H and O–H groups in total. The molecule has 118 valence electrons. The van der Waals surface area contributed by atoms with Crippen LogP contribution in [0.4, 0.5) is 5.13 Å². The van der Waals surface area contributed by atoms with E-state index in [4.69, 9.17) is 4.52 Å². The van der Waals surface area contributed by atoms with Crippen molar-refractivity contribution in [3.63, 3.8) is 0 Å². The third-order valence-electron chi connectivity index (χ3n) is 2.97. The Bertz CT molecular complexity index is 811. The van der Waals surface area contributed by atoms with Crippen molar-refractivity contribution in [3.8, 4) is 11.3 Å². The maximum atomic E-state index is 12.2. The van der Waals surface area contributed by atoms with Crippen LogP contribution in [-0.4, -0.2) is 27.0 Å². The number of carbonyl (C=O) groups excluding carboxylic acids is 1. The molecule has 3 rings (SSSR count). The van der Waals surface area contributed by atoms with Gasteiger partial charge in [-0.3, -0.25) is 10.1 Å². The van der Waals surface area contributed by atoms with E-state index in [1.807, 2.05) is 38.1 Å². The lowest BCUT2D eigenvalue weighted by atomic mass is 10.1. The summed E-state index contributed by atoms with van der Waals surface area (Å²) >= 11 is 2.92. The number of anilines is 1. The van der Waals surface area contributed by atoms with Crippen LogP contribution in [-0.2, 0) is 0 Å². The topological polar surface area (TPSA) is 80.9 Å². The normalized spacial score (nSPS) is 10.7. The van der Waals surface area contributed by atoms with Gasteiger partial charge in [0.05, 0.1) is 0 Å². The van der Waals surface area contributed by atoms with Gasteiger partial charge in [-0.1, -0.05) is 65.0 Å². The van der Waals surface area contributed by atoms with Crippen LogP contribution in [0.1, 0.15) is 23.0 Å². The third-order valence-corrected chi connectivity index (χ3v) is 4.83. The number of benzene rings is 1. The molecular formula is C15H14N4O2S2. The number of carbonyl (C=O) groups is 1. The summed E-state index contributed by atoms with van der Waals surface area (Å²) in [5, 5.41) is 14.9. The predicted molar refractivity (Wildman–Crippen MR) is 90.9 cm³/mol. The average molecular weight is 346 g/mol. The Hall–Kier alpha value is -2.19. The Morgan fingerprint density at radius 1 is 1.30 bits per heavy atom. The van der Waals surface area contributed by atoms with E-state index < -0.39 is 0 Å². The Morgan fingerprint density at radius 2 is 2.09 bits per heavy atom. The number of rotatable bonds is 5. The van der Waals surface area contributed by atoms with Crippen molar-refractivity contribution in [2.45, 2.75) is 18.2 Å². The zero-order valence-electron chi connectivity index (χ0n) is 12.6. The standard InChI is InChI=1S/C15H14N4O2S2/c1-3-22-15-18-17-14(23-15)16-13(20)11-8-12(21-19-11)10-6-4-9(2)5-7-10/h4-8H,3H2,1-2H3,(H,16,17,20). The van der Waals surface area contributed by atoms with Gasteiger partial charge >= 0.3 is 0 Å². The number of nitrogens with zero attached hydrogens (tertiary/aromatic N) is 3. The predicted octanol–water partition coefficient (Wildman–Crippen LogP) is 3.87. The van der Waals surface area contributed by atoms with E-state index in [1.165, 1.54) is 11.3 Å². The highest BCUT2D eigenvalue weighted by Gasteiger charge is 2.16. The lowest BCUT2D eigenvalue weighted by Gasteiger charge is -1.96. The molecule has 0 aliphatic carbocycles. The zero-order chi connectivity index (χ0) is 16.2. The van der Waals surface area contributed by atoms with Gasteiger partial charge in [0.15, 0.2) is 15.8 Å². The summed E-state index contributed by atoms with van der Waals surface area (Å²) < 4.78 is 6.07. The minimum Gasteiger partial charge on any atom is -0.355 e. The van der Waals surface area contributed by atoms with Gasteiger partial charge in [0.25, 0.3) is 5.91 Å². The van der Waals surface area contributed by atoms with Crippen LogP contribution < -0.4 is 5.32 Å². The van der Waals surface area contributed by atoms with E-state index in [9.17, 15) is 4.79 Å². The molecule has 2 heterocycles. The summed E-state index contributed by atoms with van der Waals surface area (Å²) in [6, 6.07) is 9.42. The van der Waals surface area contributed by atoms with E-state index in [0.717, 1.165) is 21.2 Å². The summed E-state index contributed by atoms with van der Waals surface area (Å²) in [6.45, 7) is 4.04. The lowest BCUT2D eigenvalue weighted by molar-refractivity contribution is 0.101. The Morgan fingerprint density at radius 3 is 2.83 bits per heavy atom. The van der Waals surface area contributed by atoms with Gasteiger partial charge in [0.2, 0.25) is 5.13 Å². The molecule has 0 atom stereocenters. The van der Waals surface area contributed by atoms with Crippen molar-refractivity contribution >= 4 is 34.1 Å². The number of hydrogen-bond donors (Lipinski definition) is 1. The molecule has 0 radical (unpaired) electrons. The van der Waals surface area contributed by atoms with Crippen molar-refractivity contribution in [2.24, 2.45) is 0 Å². The van der Waals surface area contributed by atoms with E-state index in [2.05, 4.69) is 20.7 Å². The van der Waals surface area contributed by atoms with Gasteiger partial charge in [-0.25, -0.2) is 0 Å². The van der Waals surface area contributed by atoms with Crippen LogP contribution in [0.25, 0.3) is 11.3 Å². The highest BCUT2D eigenvalue weighted by Crippen LogP contribution is 2.26. The third kappa shape index (κ3) is 3.77. The van der Waals surface area contributed by atoms with E-state index >= 15 is 0 Å². The maximum Gasteiger partial charge on any atom is 0.279 e. The highest BCUT2D eigenvalue weighted by atomic mass is 32.2. The number of aryl methyl sites for hydroxylation is 1. The Kier molecular flexibility index (Phi) is 4.73. The largest absolute Gasteiger partial charge is 0.355 e. The Labute approximate surface area is 141 Å². The smallest absolute Gasteiger partial charge is 0.279 e. The van der Waals surface area contributed by atoms with Crippen LogP contribution in [0, 0.1) is 6.92 Å². The monoisotopic (exact) mass is 346 g/mol. The molecule has 0 bridgehead atoms. The average Bonchev–Trinajstić information content (AvgIpc) is 3.18. The second-order valence-corrected chi connectivity index (χ2v) is 7.19. The first-order valence-electron chi connectivity index (χ1n) is 6.97. The van der Waals surface area contributed by atoms with Crippen LogP contribution in [0.5, 0.6) is 0 Å². The van der Waals surface area contributed by atoms with Crippen molar-refractivity contribution in [2.75, 3.05) is 11.1 Å². The molecule has 3 aromatic rings. The van der Waals surface area contributed by atoms with Crippen molar-refractivity contribution in [3.05, 3.63) is 41.6 Å². The quantitative estimate of drug-likeness (QED) is 0.558. The van der Waals surface area contributed by atoms with Gasteiger partial charge in [0.1, 0.15) is 0 Å². The molecule has 8 heteroatoms. The fraction of sp³-hybridized carbons (Fsp3) is 0.200. The first-order valence-corrected chi connectivity index (χ1v) is 8.77. The maximum absolute atomic E-state index is 12.2. The minimum atomic E-state index is -0.365. The molecule has 0 fully saturated rings. The summed E-state index contributed by atoms with van der Waals surface area (Å²) in [5.74, 6) is 1.09. The van der Waals surface area contributed by atoms with Crippen molar-refractivity contribution < 1.29 is 9.32 Å². The molecule has 0 aliphatic heterocycles. The molecule has 0 unspecified atom stereocenters. The number of amides is 1. The fourth-order valence-electron chi connectivity index (χ4n) is 1.84. The molecule has 0 spiro atoms. The summed E-state index contributed by atoms with van der Waals surface area (Å²) in [4.78, 5) is 12.2. The summed E-state index contributed by atoms with van der Waals surface area (Å²) in [7, 11) is 0.